The van der Waals surface area contributed by atoms with Crippen molar-refractivity contribution < 1.29 is 9.53 Å². The van der Waals surface area contributed by atoms with Crippen molar-refractivity contribution in [3.8, 4) is 0 Å². The highest BCUT2D eigenvalue weighted by atomic mass is 35.5. The van der Waals surface area contributed by atoms with Crippen molar-refractivity contribution in [3.63, 3.8) is 0 Å². The van der Waals surface area contributed by atoms with Crippen molar-refractivity contribution in [1.29, 1.82) is 0 Å². The van der Waals surface area contributed by atoms with Gasteiger partial charge in [-0.15, -0.1) is 0 Å². The molecule has 1 unspecified atom stereocenters. The average molecular weight is 391 g/mol. The molecule has 0 saturated carbocycles. The first kappa shape index (κ1) is 18.7. The first-order valence-electron chi connectivity index (χ1n) is 8.63. The summed E-state index contributed by atoms with van der Waals surface area (Å²) in [6.07, 6.45) is 3.04. The van der Waals surface area contributed by atoms with E-state index in [1.807, 2.05) is 19.1 Å². The molecule has 0 heterocycles. The third kappa shape index (κ3) is 4.37. The van der Waals surface area contributed by atoms with Crippen LogP contribution in [0.15, 0.2) is 47.5 Å². The van der Waals surface area contributed by atoms with E-state index in [0.717, 1.165) is 19.3 Å². The Morgan fingerprint density at radius 3 is 2.81 bits per heavy atom. The van der Waals surface area contributed by atoms with Crippen LogP contribution in [0.1, 0.15) is 47.3 Å². The average Bonchev–Trinajstić information content (AvgIpc) is 2.64. The molecule has 26 heavy (non-hydrogen) atoms. The van der Waals surface area contributed by atoms with Crippen molar-refractivity contribution in [2.45, 2.75) is 32.2 Å². The molecule has 0 saturated heterocycles. The highest BCUT2D eigenvalue weighted by molar-refractivity contribution is 6.42. The lowest BCUT2D eigenvalue weighted by atomic mass is 9.88. The topological polar surface area (TPSA) is 50.7 Å². The van der Waals surface area contributed by atoms with Gasteiger partial charge in [-0.25, -0.2) is 4.99 Å². The van der Waals surface area contributed by atoms with Gasteiger partial charge in [-0.05, 0) is 55.5 Å². The number of rotatable bonds is 3. The fourth-order valence-electron chi connectivity index (χ4n) is 3.05. The zero-order valence-corrected chi connectivity index (χ0v) is 16.0. The van der Waals surface area contributed by atoms with Crippen LogP contribution in [0.2, 0.25) is 10.0 Å². The summed E-state index contributed by atoms with van der Waals surface area (Å²) in [5.74, 6) is -0.333. The zero-order chi connectivity index (χ0) is 18.5. The first-order valence-corrected chi connectivity index (χ1v) is 9.39. The number of aliphatic imine (C=N–C) groups is 1. The van der Waals surface area contributed by atoms with Crippen LogP contribution in [0.5, 0.6) is 0 Å². The van der Waals surface area contributed by atoms with E-state index in [4.69, 9.17) is 27.9 Å². The third-order valence-electron chi connectivity index (χ3n) is 4.29. The highest BCUT2D eigenvalue weighted by Crippen LogP contribution is 2.32. The molecule has 0 spiro atoms. The van der Waals surface area contributed by atoms with Crippen LogP contribution >= 0.6 is 23.2 Å². The Hall–Kier alpha value is -2.04. The van der Waals surface area contributed by atoms with Crippen molar-refractivity contribution >= 4 is 35.1 Å². The minimum atomic E-state index is -0.333. The number of benzene rings is 2. The van der Waals surface area contributed by atoms with Gasteiger partial charge >= 0.3 is 0 Å². The summed E-state index contributed by atoms with van der Waals surface area (Å²) in [4.78, 5) is 17.2. The van der Waals surface area contributed by atoms with Crippen LogP contribution < -0.4 is 5.32 Å². The second kappa shape index (κ2) is 8.56. The lowest BCUT2D eigenvalue weighted by Gasteiger charge is -2.23. The van der Waals surface area contributed by atoms with Gasteiger partial charge < -0.3 is 4.74 Å². The number of carbonyl (C=O) groups excluding carboxylic acids is 1. The largest absolute Gasteiger partial charge is 0.465 e. The molecule has 1 aliphatic rings. The Bertz CT molecular complexity index is 836. The van der Waals surface area contributed by atoms with E-state index >= 15 is 0 Å². The van der Waals surface area contributed by atoms with E-state index in [1.54, 1.807) is 12.1 Å². The van der Waals surface area contributed by atoms with E-state index in [2.05, 4.69) is 22.4 Å². The third-order valence-corrected chi connectivity index (χ3v) is 5.03. The van der Waals surface area contributed by atoms with Gasteiger partial charge in [0.25, 0.3) is 11.9 Å². The summed E-state index contributed by atoms with van der Waals surface area (Å²) in [7, 11) is 0. The molecule has 0 aromatic heterocycles. The highest BCUT2D eigenvalue weighted by Gasteiger charge is 2.21. The van der Waals surface area contributed by atoms with Crippen LogP contribution in [0, 0.1) is 0 Å². The molecule has 0 bridgehead atoms. The summed E-state index contributed by atoms with van der Waals surface area (Å²) >= 11 is 11.9. The van der Waals surface area contributed by atoms with Crippen LogP contribution in [-0.2, 0) is 11.2 Å². The van der Waals surface area contributed by atoms with Crippen LogP contribution in [0.4, 0.5) is 0 Å². The summed E-state index contributed by atoms with van der Waals surface area (Å²) in [5, 5.41) is 3.48. The molecule has 6 heteroatoms. The first-order chi connectivity index (χ1) is 12.6. The van der Waals surface area contributed by atoms with Crippen LogP contribution in [-0.4, -0.2) is 18.5 Å². The normalized spacial score (nSPS) is 16.7. The molecule has 1 atom stereocenters. The summed E-state index contributed by atoms with van der Waals surface area (Å²) < 4.78 is 5.56. The van der Waals surface area contributed by atoms with Gasteiger partial charge in [-0.2, -0.15) is 0 Å². The maximum Gasteiger partial charge on any atom is 0.292 e. The Kier molecular flexibility index (Phi) is 6.17. The fraction of sp³-hybridized carbons (Fsp3) is 0.300. The Labute approximate surface area is 163 Å². The number of hydrogen-bond donors (Lipinski definition) is 1. The van der Waals surface area contributed by atoms with Gasteiger partial charge in [0.2, 0.25) is 0 Å². The predicted octanol–water partition coefficient (Wildman–Crippen LogP) is 5.19. The van der Waals surface area contributed by atoms with E-state index in [9.17, 15) is 4.79 Å². The Balaban J connectivity index is 1.82. The Morgan fingerprint density at radius 2 is 2.04 bits per heavy atom. The molecule has 1 N–H and O–H groups in total. The fourth-order valence-corrected chi connectivity index (χ4v) is 3.35. The smallest absolute Gasteiger partial charge is 0.292 e. The SMILES string of the molecule is CCOC(=NC1CCCc2ccccc21)NC(=O)c1ccc(Cl)c(Cl)c1. The zero-order valence-electron chi connectivity index (χ0n) is 14.5. The van der Waals surface area contributed by atoms with Crippen LogP contribution in [0.25, 0.3) is 0 Å². The van der Waals surface area contributed by atoms with E-state index in [-0.39, 0.29) is 18.0 Å². The molecule has 1 aliphatic carbocycles. The van der Waals surface area contributed by atoms with E-state index in [1.165, 1.54) is 17.2 Å². The number of halogens is 2. The molecule has 0 radical (unpaired) electrons. The minimum Gasteiger partial charge on any atom is -0.465 e. The number of aryl methyl sites for hydroxylation is 1. The van der Waals surface area contributed by atoms with Gasteiger partial charge in [0, 0.05) is 5.56 Å². The number of nitrogens with zero attached hydrogens (tertiary/aromatic N) is 1. The maximum atomic E-state index is 12.5. The molecule has 3 rings (SSSR count). The molecule has 2 aromatic carbocycles. The standard InChI is InChI=1S/C20H20Cl2N2O2/c1-2-26-20(24-19(25)14-10-11-16(21)17(22)12-14)23-18-9-5-7-13-6-3-4-8-15(13)18/h3-4,6,8,10-12,18H,2,5,7,9H2,1H3,(H,23,24,25). The predicted molar refractivity (Wildman–Crippen MR) is 105 cm³/mol. The van der Waals surface area contributed by atoms with Gasteiger partial charge in [-0.3, -0.25) is 10.1 Å². The Morgan fingerprint density at radius 1 is 1.23 bits per heavy atom. The molecular weight excluding hydrogens is 371 g/mol. The number of fused-ring (bicyclic) bond motifs is 1. The lowest BCUT2D eigenvalue weighted by Crippen LogP contribution is -2.33. The van der Waals surface area contributed by atoms with Crippen molar-refractivity contribution in [3.05, 3.63) is 69.2 Å². The minimum absolute atomic E-state index is 0.0180. The number of amides is 1. The second-order valence-electron chi connectivity index (χ2n) is 6.06. The second-order valence-corrected chi connectivity index (χ2v) is 6.87. The maximum absolute atomic E-state index is 12.5. The summed E-state index contributed by atoms with van der Waals surface area (Å²) in [6, 6.07) is 13.2. The van der Waals surface area contributed by atoms with Crippen molar-refractivity contribution in [1.82, 2.24) is 5.32 Å². The molecule has 2 aromatic rings. The molecular formula is C20H20Cl2N2O2. The quantitative estimate of drug-likeness (QED) is 0.578. The molecule has 0 fully saturated rings. The molecule has 136 valence electrons. The number of hydrogen-bond acceptors (Lipinski definition) is 3. The van der Waals surface area contributed by atoms with E-state index in [0.29, 0.717) is 22.2 Å². The number of carbonyl (C=O) groups is 1. The number of amidine groups is 1. The lowest BCUT2D eigenvalue weighted by molar-refractivity contribution is 0.0966. The summed E-state index contributed by atoms with van der Waals surface area (Å²) in [5.41, 5.74) is 2.90. The van der Waals surface area contributed by atoms with Crippen molar-refractivity contribution in [2.75, 3.05) is 6.61 Å². The number of ether oxygens (including phenoxy) is 1. The molecule has 1 amide bonds. The van der Waals surface area contributed by atoms with Gasteiger partial charge in [-0.1, -0.05) is 47.5 Å². The van der Waals surface area contributed by atoms with E-state index < -0.39 is 0 Å². The van der Waals surface area contributed by atoms with Gasteiger partial charge in [0.1, 0.15) is 0 Å². The van der Waals surface area contributed by atoms with Gasteiger partial charge in [0.05, 0.1) is 22.7 Å². The molecule has 0 aliphatic heterocycles. The summed E-state index contributed by atoms with van der Waals surface area (Å²) in [6.45, 7) is 2.27. The monoisotopic (exact) mass is 390 g/mol. The van der Waals surface area contributed by atoms with Crippen molar-refractivity contribution in [2.24, 2.45) is 4.99 Å². The van der Waals surface area contributed by atoms with Crippen LogP contribution in [0.3, 0.4) is 0 Å². The van der Waals surface area contributed by atoms with Gasteiger partial charge in [0.15, 0.2) is 0 Å². The number of nitrogens with one attached hydrogen (secondary N) is 1. The molecule has 4 nitrogen and oxygen atoms in total.